The van der Waals surface area contributed by atoms with Crippen molar-refractivity contribution in [2.45, 2.75) is 32.0 Å². The first kappa shape index (κ1) is 17.2. The second-order valence-corrected chi connectivity index (χ2v) is 6.95. The summed E-state index contributed by atoms with van der Waals surface area (Å²) in [6.07, 6.45) is 1.83. The molecule has 1 rings (SSSR count). The van der Waals surface area contributed by atoms with Crippen molar-refractivity contribution in [3.8, 4) is 0 Å². The quantitative estimate of drug-likeness (QED) is 0.358. The number of nitrogens with one attached hydrogen (secondary N) is 3. The Kier molecular flexibility index (Phi) is 6.66. The standard InChI is InChI=1S/C11H24N4O4S/c1-9(16)12-5-6-13-11(17)14-10-3-7-15(8-4-10)20(2,18)19/h9-10,12,16H,3-8H2,1-2H3,(H2,13,14,17). The van der Waals surface area contributed by atoms with Gasteiger partial charge in [-0.15, -0.1) is 0 Å². The fraction of sp³-hybridized carbons (Fsp3) is 0.909. The number of carbonyl (C=O) groups is 1. The van der Waals surface area contributed by atoms with Gasteiger partial charge in [-0.2, -0.15) is 0 Å². The highest BCUT2D eigenvalue weighted by atomic mass is 32.2. The Labute approximate surface area is 120 Å². The molecule has 1 aliphatic rings. The van der Waals surface area contributed by atoms with Gasteiger partial charge in [0.1, 0.15) is 6.23 Å². The number of aliphatic hydroxyl groups is 1. The number of aliphatic hydroxyl groups excluding tert-OH is 1. The highest BCUT2D eigenvalue weighted by Gasteiger charge is 2.25. The minimum Gasteiger partial charge on any atom is -0.379 e. The molecule has 0 aliphatic carbocycles. The molecular weight excluding hydrogens is 284 g/mol. The maximum Gasteiger partial charge on any atom is 0.315 e. The van der Waals surface area contributed by atoms with E-state index >= 15 is 0 Å². The molecule has 118 valence electrons. The third-order valence-electron chi connectivity index (χ3n) is 3.11. The smallest absolute Gasteiger partial charge is 0.315 e. The third kappa shape index (κ3) is 6.51. The van der Waals surface area contributed by atoms with Gasteiger partial charge >= 0.3 is 6.03 Å². The fourth-order valence-electron chi connectivity index (χ4n) is 2.03. The lowest BCUT2D eigenvalue weighted by Gasteiger charge is -2.30. The first-order chi connectivity index (χ1) is 9.29. The van der Waals surface area contributed by atoms with E-state index in [-0.39, 0.29) is 12.1 Å². The summed E-state index contributed by atoms with van der Waals surface area (Å²) in [5, 5.41) is 17.2. The van der Waals surface area contributed by atoms with Gasteiger partial charge in [-0.1, -0.05) is 0 Å². The van der Waals surface area contributed by atoms with Crippen molar-refractivity contribution in [3.63, 3.8) is 0 Å². The molecule has 0 saturated carbocycles. The normalized spacial score (nSPS) is 19.6. The molecule has 2 amide bonds. The molecule has 0 bridgehead atoms. The first-order valence-corrected chi connectivity index (χ1v) is 8.55. The van der Waals surface area contributed by atoms with Gasteiger partial charge < -0.3 is 15.7 Å². The summed E-state index contributed by atoms with van der Waals surface area (Å²) in [6, 6.07) is -0.270. The van der Waals surface area contributed by atoms with Crippen LogP contribution in [0.3, 0.4) is 0 Å². The summed E-state index contributed by atoms with van der Waals surface area (Å²) < 4.78 is 24.1. The highest BCUT2D eigenvalue weighted by Crippen LogP contribution is 2.12. The lowest BCUT2D eigenvalue weighted by Crippen LogP contribution is -2.49. The minimum absolute atomic E-state index is 0.00211. The molecule has 1 unspecified atom stereocenters. The van der Waals surface area contributed by atoms with Crippen LogP contribution >= 0.6 is 0 Å². The van der Waals surface area contributed by atoms with Crippen LogP contribution < -0.4 is 16.0 Å². The lowest BCUT2D eigenvalue weighted by molar-refractivity contribution is 0.157. The summed E-state index contributed by atoms with van der Waals surface area (Å²) in [7, 11) is -3.13. The van der Waals surface area contributed by atoms with Gasteiger partial charge in [-0.3, -0.25) is 5.32 Å². The van der Waals surface area contributed by atoms with Crippen molar-refractivity contribution >= 4 is 16.1 Å². The molecule has 0 radical (unpaired) electrons. The van der Waals surface area contributed by atoms with Gasteiger partial charge in [-0.05, 0) is 19.8 Å². The summed E-state index contributed by atoms with van der Waals surface area (Å²) in [5.41, 5.74) is 0. The SMILES string of the molecule is CC(O)NCCNC(=O)NC1CCN(S(C)(=O)=O)CC1. The maximum atomic E-state index is 11.6. The van der Waals surface area contributed by atoms with Crippen molar-refractivity contribution in [1.29, 1.82) is 0 Å². The van der Waals surface area contributed by atoms with E-state index in [0.29, 0.717) is 39.0 Å². The number of carbonyl (C=O) groups excluding carboxylic acids is 1. The Balaban J connectivity index is 2.18. The topological polar surface area (TPSA) is 111 Å². The highest BCUT2D eigenvalue weighted by molar-refractivity contribution is 7.88. The van der Waals surface area contributed by atoms with Crippen LogP contribution in [0.2, 0.25) is 0 Å². The second kappa shape index (κ2) is 7.77. The van der Waals surface area contributed by atoms with Crippen molar-refractivity contribution in [2.75, 3.05) is 32.4 Å². The summed E-state index contributed by atoms with van der Waals surface area (Å²) in [4.78, 5) is 11.6. The molecule has 0 spiro atoms. The summed E-state index contributed by atoms with van der Waals surface area (Å²) in [5.74, 6) is 0. The average molecular weight is 308 g/mol. The van der Waals surface area contributed by atoms with Crippen LogP contribution in [0.25, 0.3) is 0 Å². The molecule has 1 saturated heterocycles. The molecule has 4 N–H and O–H groups in total. The summed E-state index contributed by atoms with van der Waals surface area (Å²) >= 11 is 0. The van der Waals surface area contributed by atoms with Crippen molar-refractivity contribution in [1.82, 2.24) is 20.3 Å². The van der Waals surface area contributed by atoms with Crippen LogP contribution in [0.5, 0.6) is 0 Å². The van der Waals surface area contributed by atoms with E-state index in [2.05, 4.69) is 16.0 Å². The third-order valence-corrected chi connectivity index (χ3v) is 4.41. The maximum absolute atomic E-state index is 11.6. The van der Waals surface area contributed by atoms with Crippen molar-refractivity contribution < 1.29 is 18.3 Å². The van der Waals surface area contributed by atoms with Crippen LogP contribution in [-0.4, -0.2) is 68.6 Å². The van der Waals surface area contributed by atoms with Crippen LogP contribution in [0.4, 0.5) is 4.79 Å². The largest absolute Gasteiger partial charge is 0.379 e. The van der Waals surface area contributed by atoms with Crippen molar-refractivity contribution in [2.24, 2.45) is 0 Å². The molecule has 20 heavy (non-hydrogen) atoms. The van der Waals surface area contributed by atoms with Gasteiger partial charge in [0.25, 0.3) is 0 Å². The number of rotatable bonds is 6. The Hall–Kier alpha value is -0.900. The predicted octanol–water partition coefficient (Wildman–Crippen LogP) is -1.36. The van der Waals surface area contributed by atoms with Crippen LogP contribution in [-0.2, 0) is 10.0 Å². The van der Waals surface area contributed by atoms with Gasteiger partial charge in [0, 0.05) is 32.2 Å². The monoisotopic (exact) mass is 308 g/mol. The molecule has 1 fully saturated rings. The van der Waals surface area contributed by atoms with Crippen LogP contribution in [0, 0.1) is 0 Å². The van der Waals surface area contributed by atoms with E-state index < -0.39 is 16.3 Å². The molecule has 9 heteroatoms. The van der Waals surface area contributed by atoms with E-state index in [9.17, 15) is 13.2 Å². The van der Waals surface area contributed by atoms with Crippen LogP contribution in [0.15, 0.2) is 0 Å². The predicted molar refractivity (Wildman–Crippen MR) is 75.7 cm³/mol. The van der Waals surface area contributed by atoms with E-state index in [4.69, 9.17) is 5.11 Å². The number of urea groups is 1. The zero-order chi connectivity index (χ0) is 15.2. The van der Waals surface area contributed by atoms with E-state index in [1.807, 2.05) is 0 Å². The van der Waals surface area contributed by atoms with Crippen molar-refractivity contribution in [3.05, 3.63) is 0 Å². The van der Waals surface area contributed by atoms with Gasteiger partial charge in [0.05, 0.1) is 6.26 Å². The van der Waals surface area contributed by atoms with Gasteiger partial charge in [-0.25, -0.2) is 17.5 Å². The second-order valence-electron chi connectivity index (χ2n) is 4.97. The zero-order valence-corrected chi connectivity index (χ0v) is 12.7. The Morgan fingerprint density at radius 1 is 1.35 bits per heavy atom. The molecule has 0 aromatic rings. The molecule has 1 atom stereocenters. The van der Waals surface area contributed by atoms with Crippen LogP contribution in [0.1, 0.15) is 19.8 Å². The molecule has 1 heterocycles. The number of hydrogen-bond donors (Lipinski definition) is 4. The molecule has 0 aromatic carbocycles. The molecule has 8 nitrogen and oxygen atoms in total. The van der Waals surface area contributed by atoms with Gasteiger partial charge in [0.15, 0.2) is 0 Å². The number of nitrogens with zero attached hydrogens (tertiary/aromatic N) is 1. The first-order valence-electron chi connectivity index (χ1n) is 6.70. The van der Waals surface area contributed by atoms with E-state index in [0.717, 1.165) is 0 Å². The van der Waals surface area contributed by atoms with E-state index in [1.165, 1.54) is 10.6 Å². The Morgan fingerprint density at radius 2 is 1.95 bits per heavy atom. The number of hydrogen-bond acceptors (Lipinski definition) is 5. The number of sulfonamides is 1. The minimum atomic E-state index is -3.13. The van der Waals surface area contributed by atoms with Gasteiger partial charge in [0.2, 0.25) is 10.0 Å². The zero-order valence-electron chi connectivity index (χ0n) is 11.9. The Bertz CT molecular complexity index is 405. The number of piperidine rings is 1. The molecule has 0 aromatic heterocycles. The molecular formula is C11H24N4O4S. The Morgan fingerprint density at radius 3 is 2.45 bits per heavy atom. The molecule has 1 aliphatic heterocycles. The average Bonchev–Trinajstić information content (AvgIpc) is 2.34. The lowest BCUT2D eigenvalue weighted by atomic mass is 10.1. The number of amides is 2. The van der Waals surface area contributed by atoms with E-state index in [1.54, 1.807) is 6.92 Å². The fourth-order valence-corrected chi connectivity index (χ4v) is 2.90. The summed E-state index contributed by atoms with van der Waals surface area (Å²) in [6.45, 7) is 3.38.